The maximum absolute atomic E-state index is 11.0. The third kappa shape index (κ3) is 4.65. The standard InChI is InChI=1S/C15H21NO3/c1-16-15(17)11-19-14-7-13(8-14)10-18-9-12-5-3-2-4-6-12/h2-6,13-14H,7-11H2,1H3,(H,16,17). The van der Waals surface area contributed by atoms with Crippen LogP contribution in [0.2, 0.25) is 0 Å². The molecule has 1 aliphatic carbocycles. The molecule has 0 unspecified atom stereocenters. The molecule has 0 heterocycles. The van der Waals surface area contributed by atoms with E-state index in [4.69, 9.17) is 9.47 Å². The van der Waals surface area contributed by atoms with E-state index in [2.05, 4.69) is 17.4 Å². The largest absolute Gasteiger partial charge is 0.376 e. The number of rotatable bonds is 7. The van der Waals surface area contributed by atoms with Crippen LogP contribution in [0.3, 0.4) is 0 Å². The molecule has 0 spiro atoms. The minimum absolute atomic E-state index is 0.0659. The van der Waals surface area contributed by atoms with Gasteiger partial charge in [0.05, 0.1) is 19.3 Å². The Kier molecular flexibility index (Phi) is 5.36. The lowest BCUT2D eigenvalue weighted by molar-refractivity contribution is -0.131. The third-order valence-electron chi connectivity index (χ3n) is 3.39. The number of carbonyl (C=O) groups is 1. The van der Waals surface area contributed by atoms with E-state index in [-0.39, 0.29) is 18.6 Å². The number of hydrogen-bond donors (Lipinski definition) is 1. The molecule has 1 aromatic rings. The molecule has 0 atom stereocenters. The summed E-state index contributed by atoms with van der Waals surface area (Å²) in [5.74, 6) is 0.502. The minimum Gasteiger partial charge on any atom is -0.376 e. The van der Waals surface area contributed by atoms with Gasteiger partial charge in [-0.25, -0.2) is 0 Å². The van der Waals surface area contributed by atoms with Crippen molar-refractivity contribution in [2.75, 3.05) is 20.3 Å². The SMILES string of the molecule is CNC(=O)COC1CC(COCc2ccccc2)C1. The topological polar surface area (TPSA) is 47.6 Å². The van der Waals surface area contributed by atoms with Crippen molar-refractivity contribution in [2.24, 2.45) is 5.92 Å². The van der Waals surface area contributed by atoms with E-state index < -0.39 is 0 Å². The molecule has 104 valence electrons. The van der Waals surface area contributed by atoms with Crippen LogP contribution in [0.5, 0.6) is 0 Å². The van der Waals surface area contributed by atoms with Crippen molar-refractivity contribution in [2.45, 2.75) is 25.6 Å². The zero-order chi connectivity index (χ0) is 13.5. The van der Waals surface area contributed by atoms with Crippen LogP contribution in [0.25, 0.3) is 0 Å². The van der Waals surface area contributed by atoms with Gasteiger partial charge in [0.25, 0.3) is 0 Å². The fraction of sp³-hybridized carbons (Fsp3) is 0.533. The zero-order valence-electron chi connectivity index (χ0n) is 11.3. The van der Waals surface area contributed by atoms with Crippen molar-refractivity contribution in [1.82, 2.24) is 5.32 Å². The third-order valence-corrected chi connectivity index (χ3v) is 3.39. The molecule has 0 radical (unpaired) electrons. The van der Waals surface area contributed by atoms with E-state index >= 15 is 0 Å². The Labute approximate surface area is 114 Å². The van der Waals surface area contributed by atoms with Crippen LogP contribution >= 0.6 is 0 Å². The smallest absolute Gasteiger partial charge is 0.245 e. The lowest BCUT2D eigenvalue weighted by Crippen LogP contribution is -2.36. The minimum atomic E-state index is -0.0659. The Morgan fingerprint density at radius 3 is 2.74 bits per heavy atom. The summed E-state index contributed by atoms with van der Waals surface area (Å²) in [4.78, 5) is 11.0. The Bertz CT molecular complexity index is 388. The number of ether oxygens (including phenoxy) is 2. The summed E-state index contributed by atoms with van der Waals surface area (Å²) < 4.78 is 11.1. The van der Waals surface area contributed by atoms with Gasteiger partial charge in [-0.15, -0.1) is 0 Å². The molecule has 19 heavy (non-hydrogen) atoms. The first kappa shape index (κ1) is 14.0. The van der Waals surface area contributed by atoms with E-state index in [9.17, 15) is 4.79 Å². The second-order valence-corrected chi connectivity index (χ2v) is 4.94. The summed E-state index contributed by atoms with van der Waals surface area (Å²) >= 11 is 0. The van der Waals surface area contributed by atoms with Gasteiger partial charge in [-0.2, -0.15) is 0 Å². The van der Waals surface area contributed by atoms with Crippen LogP contribution in [0.15, 0.2) is 30.3 Å². The van der Waals surface area contributed by atoms with Gasteiger partial charge in [0, 0.05) is 7.05 Å². The molecule has 1 saturated carbocycles. The van der Waals surface area contributed by atoms with Crippen molar-refractivity contribution in [3.05, 3.63) is 35.9 Å². The van der Waals surface area contributed by atoms with Crippen LogP contribution in [-0.4, -0.2) is 32.3 Å². The highest BCUT2D eigenvalue weighted by Crippen LogP contribution is 2.30. The van der Waals surface area contributed by atoms with Crippen molar-refractivity contribution in [1.29, 1.82) is 0 Å². The van der Waals surface area contributed by atoms with Crippen LogP contribution < -0.4 is 5.32 Å². The molecule has 1 aromatic carbocycles. The number of amides is 1. The summed E-state index contributed by atoms with van der Waals surface area (Å²) in [5.41, 5.74) is 1.20. The Balaban J connectivity index is 1.52. The molecule has 0 bridgehead atoms. The van der Waals surface area contributed by atoms with Gasteiger partial charge in [-0.1, -0.05) is 30.3 Å². The van der Waals surface area contributed by atoms with Gasteiger partial charge in [-0.05, 0) is 24.3 Å². The van der Waals surface area contributed by atoms with Gasteiger partial charge in [-0.3, -0.25) is 4.79 Å². The van der Waals surface area contributed by atoms with Gasteiger partial charge in [0.2, 0.25) is 5.91 Å². The predicted molar refractivity (Wildman–Crippen MR) is 72.6 cm³/mol. The molecular formula is C15H21NO3. The average molecular weight is 263 g/mol. The quantitative estimate of drug-likeness (QED) is 0.815. The van der Waals surface area contributed by atoms with Crippen molar-refractivity contribution >= 4 is 5.91 Å². The Morgan fingerprint density at radius 2 is 2.05 bits per heavy atom. The second-order valence-electron chi connectivity index (χ2n) is 4.94. The number of benzene rings is 1. The number of carbonyl (C=O) groups excluding carboxylic acids is 1. The summed E-state index contributed by atoms with van der Waals surface area (Å²) in [6, 6.07) is 10.2. The molecule has 2 rings (SSSR count). The molecule has 4 nitrogen and oxygen atoms in total. The van der Waals surface area contributed by atoms with E-state index in [0.29, 0.717) is 12.5 Å². The number of likely N-dealkylation sites (N-methyl/N-ethyl adjacent to an activating group) is 1. The van der Waals surface area contributed by atoms with Crippen LogP contribution in [-0.2, 0) is 20.9 Å². The fourth-order valence-corrected chi connectivity index (χ4v) is 2.13. The van der Waals surface area contributed by atoms with Crippen LogP contribution in [0.1, 0.15) is 18.4 Å². The zero-order valence-corrected chi connectivity index (χ0v) is 11.3. The highest BCUT2D eigenvalue weighted by Gasteiger charge is 2.30. The van der Waals surface area contributed by atoms with E-state index in [1.54, 1.807) is 7.05 Å². The molecule has 1 fully saturated rings. The lowest BCUT2D eigenvalue weighted by atomic mass is 9.83. The van der Waals surface area contributed by atoms with Gasteiger partial charge in [0.1, 0.15) is 6.61 Å². The average Bonchev–Trinajstić information content (AvgIpc) is 2.41. The summed E-state index contributed by atoms with van der Waals surface area (Å²) in [6.45, 7) is 1.61. The maximum atomic E-state index is 11.0. The molecule has 1 N–H and O–H groups in total. The number of nitrogens with one attached hydrogen (secondary N) is 1. The summed E-state index contributed by atoms with van der Waals surface area (Å²) in [7, 11) is 1.62. The highest BCUT2D eigenvalue weighted by molar-refractivity contribution is 5.76. The Morgan fingerprint density at radius 1 is 1.32 bits per heavy atom. The van der Waals surface area contributed by atoms with Crippen LogP contribution in [0.4, 0.5) is 0 Å². The maximum Gasteiger partial charge on any atom is 0.245 e. The molecule has 1 amide bonds. The second kappa shape index (κ2) is 7.26. The summed E-state index contributed by atoms with van der Waals surface area (Å²) in [6.07, 6.45) is 2.21. The van der Waals surface area contributed by atoms with Gasteiger partial charge in [0.15, 0.2) is 0 Å². The van der Waals surface area contributed by atoms with Crippen molar-refractivity contribution in [3.8, 4) is 0 Å². The molecule has 0 aromatic heterocycles. The normalized spacial score (nSPS) is 21.7. The summed E-state index contributed by atoms with van der Waals surface area (Å²) in [5, 5.41) is 2.54. The predicted octanol–water partition coefficient (Wildman–Crippen LogP) is 1.74. The fourth-order valence-electron chi connectivity index (χ4n) is 2.13. The van der Waals surface area contributed by atoms with Gasteiger partial charge < -0.3 is 14.8 Å². The Hall–Kier alpha value is -1.39. The molecular weight excluding hydrogens is 242 g/mol. The first-order valence-electron chi connectivity index (χ1n) is 6.71. The van der Waals surface area contributed by atoms with Crippen LogP contribution in [0, 0.1) is 5.92 Å². The highest BCUT2D eigenvalue weighted by atomic mass is 16.5. The monoisotopic (exact) mass is 263 g/mol. The number of hydrogen-bond acceptors (Lipinski definition) is 3. The van der Waals surface area contributed by atoms with Crippen molar-refractivity contribution < 1.29 is 14.3 Å². The molecule has 0 saturated heterocycles. The van der Waals surface area contributed by atoms with E-state index in [1.807, 2.05) is 18.2 Å². The molecule has 1 aliphatic rings. The lowest BCUT2D eigenvalue weighted by Gasteiger charge is -2.34. The van der Waals surface area contributed by atoms with E-state index in [0.717, 1.165) is 19.4 Å². The molecule has 4 heteroatoms. The van der Waals surface area contributed by atoms with E-state index in [1.165, 1.54) is 5.56 Å². The van der Waals surface area contributed by atoms with Gasteiger partial charge >= 0.3 is 0 Å². The first-order valence-corrected chi connectivity index (χ1v) is 6.71. The van der Waals surface area contributed by atoms with Crippen molar-refractivity contribution in [3.63, 3.8) is 0 Å². The first-order chi connectivity index (χ1) is 9.28. The molecule has 0 aliphatic heterocycles.